The van der Waals surface area contributed by atoms with Crippen LogP contribution in [0.4, 0.5) is 11.8 Å². The zero-order chi connectivity index (χ0) is 16.5. The van der Waals surface area contributed by atoms with E-state index in [-0.39, 0.29) is 0 Å². The monoisotopic (exact) mass is 319 g/mol. The van der Waals surface area contributed by atoms with Gasteiger partial charge in [-0.1, -0.05) is 26.7 Å². The van der Waals surface area contributed by atoms with Crippen LogP contribution in [0.3, 0.4) is 0 Å². The van der Waals surface area contributed by atoms with Gasteiger partial charge in [-0.05, 0) is 44.8 Å². The topological polar surface area (TPSA) is 44.3 Å². The van der Waals surface area contributed by atoms with E-state index in [9.17, 15) is 0 Å². The predicted octanol–water partition coefficient (Wildman–Crippen LogP) is 3.25. The van der Waals surface area contributed by atoms with E-state index in [4.69, 9.17) is 4.98 Å². The molecule has 1 aliphatic heterocycles. The van der Waals surface area contributed by atoms with Gasteiger partial charge < -0.3 is 15.1 Å². The van der Waals surface area contributed by atoms with Crippen LogP contribution in [0.15, 0.2) is 12.3 Å². The molecule has 1 fully saturated rings. The third-order valence-corrected chi connectivity index (χ3v) is 4.44. The summed E-state index contributed by atoms with van der Waals surface area (Å²) in [5, 5.41) is 3.37. The molecule has 1 aliphatic rings. The molecule has 23 heavy (non-hydrogen) atoms. The Hall–Kier alpha value is -1.36. The normalized spacial score (nSPS) is 16.0. The highest BCUT2D eigenvalue weighted by Gasteiger charge is 2.11. The summed E-state index contributed by atoms with van der Waals surface area (Å²) in [6.07, 6.45) is 8.35. The van der Waals surface area contributed by atoms with Crippen LogP contribution in [-0.2, 0) is 0 Å². The quantitative estimate of drug-likeness (QED) is 0.797. The second kappa shape index (κ2) is 9.71. The Morgan fingerprint density at radius 3 is 2.61 bits per heavy atom. The van der Waals surface area contributed by atoms with Gasteiger partial charge >= 0.3 is 0 Å². The lowest BCUT2D eigenvalue weighted by molar-refractivity contribution is 0.321. The van der Waals surface area contributed by atoms with Gasteiger partial charge in [-0.3, -0.25) is 0 Å². The maximum absolute atomic E-state index is 4.69. The molecule has 1 aromatic rings. The van der Waals surface area contributed by atoms with Crippen molar-refractivity contribution in [2.45, 2.75) is 46.0 Å². The van der Waals surface area contributed by atoms with Crippen molar-refractivity contribution in [2.24, 2.45) is 5.92 Å². The van der Waals surface area contributed by atoms with Gasteiger partial charge in [0.15, 0.2) is 0 Å². The molecule has 2 heterocycles. The van der Waals surface area contributed by atoms with Crippen LogP contribution in [-0.4, -0.2) is 54.6 Å². The lowest BCUT2D eigenvalue weighted by atomic mass is 10.1. The van der Waals surface area contributed by atoms with Gasteiger partial charge in [0.25, 0.3) is 0 Å². The molecule has 5 nitrogen and oxygen atoms in total. The fraction of sp³-hybridized carbons (Fsp3) is 0.778. The number of rotatable bonds is 8. The van der Waals surface area contributed by atoms with Gasteiger partial charge in [0.05, 0.1) is 0 Å². The average molecular weight is 319 g/mol. The van der Waals surface area contributed by atoms with Crippen LogP contribution in [0.25, 0.3) is 0 Å². The summed E-state index contributed by atoms with van der Waals surface area (Å²) in [6.45, 7) is 9.83. The van der Waals surface area contributed by atoms with E-state index in [1.165, 1.54) is 32.1 Å². The lowest BCUT2D eigenvalue weighted by Crippen LogP contribution is -2.28. The summed E-state index contributed by atoms with van der Waals surface area (Å²) >= 11 is 0. The van der Waals surface area contributed by atoms with Gasteiger partial charge in [-0.15, -0.1) is 0 Å². The predicted molar refractivity (Wildman–Crippen MR) is 98.2 cm³/mol. The Labute approximate surface area is 141 Å². The Kier molecular flexibility index (Phi) is 7.59. The van der Waals surface area contributed by atoms with Crippen molar-refractivity contribution >= 4 is 11.8 Å². The first-order chi connectivity index (χ1) is 11.1. The Morgan fingerprint density at radius 2 is 1.91 bits per heavy atom. The van der Waals surface area contributed by atoms with E-state index in [0.29, 0.717) is 0 Å². The van der Waals surface area contributed by atoms with E-state index in [2.05, 4.69) is 41.0 Å². The van der Waals surface area contributed by atoms with Crippen LogP contribution >= 0.6 is 0 Å². The number of nitrogens with zero attached hydrogens (tertiary/aromatic N) is 4. The van der Waals surface area contributed by atoms with Crippen LogP contribution in [0.1, 0.15) is 46.0 Å². The van der Waals surface area contributed by atoms with Crippen LogP contribution in [0, 0.1) is 5.92 Å². The third-order valence-electron chi connectivity index (χ3n) is 4.44. The smallest absolute Gasteiger partial charge is 0.224 e. The van der Waals surface area contributed by atoms with Crippen LogP contribution < -0.4 is 10.2 Å². The van der Waals surface area contributed by atoms with Crippen molar-refractivity contribution in [3.05, 3.63) is 12.3 Å². The fourth-order valence-corrected chi connectivity index (χ4v) is 2.86. The molecular formula is C18H33N5. The van der Waals surface area contributed by atoms with Gasteiger partial charge in [-0.25, -0.2) is 4.98 Å². The minimum absolute atomic E-state index is 0.754. The van der Waals surface area contributed by atoms with Gasteiger partial charge in [-0.2, -0.15) is 4.98 Å². The molecule has 0 saturated carbocycles. The molecule has 0 bridgehead atoms. The second-order valence-corrected chi connectivity index (χ2v) is 7.05. The Morgan fingerprint density at radius 1 is 1.17 bits per heavy atom. The number of likely N-dealkylation sites (N-methyl/N-ethyl adjacent to an activating group) is 1. The summed E-state index contributed by atoms with van der Waals surface area (Å²) in [4.78, 5) is 13.8. The summed E-state index contributed by atoms with van der Waals surface area (Å²) in [5.74, 6) is 2.58. The number of anilines is 2. The maximum Gasteiger partial charge on any atom is 0.224 e. The highest BCUT2D eigenvalue weighted by atomic mass is 15.2. The first-order valence-corrected chi connectivity index (χ1v) is 9.15. The maximum atomic E-state index is 4.69. The molecule has 0 aliphatic carbocycles. The zero-order valence-electron chi connectivity index (χ0n) is 15.1. The first-order valence-electron chi connectivity index (χ1n) is 9.15. The molecule has 0 aromatic carbocycles. The van der Waals surface area contributed by atoms with Gasteiger partial charge in [0, 0.05) is 32.4 Å². The molecule has 2 rings (SSSR count). The lowest BCUT2D eigenvalue weighted by Gasteiger charge is -2.22. The average Bonchev–Trinajstić information content (AvgIpc) is 2.82. The molecule has 130 valence electrons. The molecule has 5 heteroatoms. The minimum atomic E-state index is 0.754. The number of nitrogens with one attached hydrogen (secondary N) is 1. The van der Waals surface area contributed by atoms with Gasteiger partial charge in [0.2, 0.25) is 5.95 Å². The second-order valence-electron chi connectivity index (χ2n) is 7.05. The number of hydrogen-bond acceptors (Lipinski definition) is 5. The van der Waals surface area contributed by atoms with Crippen molar-refractivity contribution in [3.63, 3.8) is 0 Å². The van der Waals surface area contributed by atoms with E-state index in [1.54, 1.807) is 0 Å². The molecule has 0 atom stereocenters. The summed E-state index contributed by atoms with van der Waals surface area (Å²) in [7, 11) is 2.18. The van der Waals surface area contributed by atoms with Crippen molar-refractivity contribution < 1.29 is 0 Å². The SMILES string of the molecule is CC(C)CCN(C)CCNc1nccc(N2CCCCCC2)n1. The first kappa shape index (κ1) is 18.0. The molecule has 1 saturated heterocycles. The van der Waals surface area contributed by atoms with Crippen molar-refractivity contribution in [2.75, 3.05) is 50.0 Å². The highest BCUT2D eigenvalue weighted by Crippen LogP contribution is 2.17. The third kappa shape index (κ3) is 6.73. The van der Waals surface area contributed by atoms with E-state index < -0.39 is 0 Å². The van der Waals surface area contributed by atoms with Gasteiger partial charge in [0.1, 0.15) is 5.82 Å². The molecule has 1 N–H and O–H groups in total. The zero-order valence-corrected chi connectivity index (χ0v) is 15.1. The van der Waals surface area contributed by atoms with Crippen LogP contribution in [0.2, 0.25) is 0 Å². The Balaban J connectivity index is 1.78. The molecule has 0 spiro atoms. The van der Waals surface area contributed by atoms with Crippen LogP contribution in [0.5, 0.6) is 0 Å². The number of aromatic nitrogens is 2. The fourth-order valence-electron chi connectivity index (χ4n) is 2.86. The highest BCUT2D eigenvalue weighted by molar-refractivity contribution is 5.42. The minimum Gasteiger partial charge on any atom is -0.356 e. The Bertz CT molecular complexity index is 441. The van der Waals surface area contributed by atoms with Crippen molar-refractivity contribution in [1.82, 2.24) is 14.9 Å². The number of hydrogen-bond donors (Lipinski definition) is 1. The largest absolute Gasteiger partial charge is 0.356 e. The summed E-state index contributed by atoms with van der Waals surface area (Å²) < 4.78 is 0. The molecular weight excluding hydrogens is 286 g/mol. The standard InChI is InChI=1S/C18H33N5/c1-16(2)9-14-22(3)15-11-20-18-19-10-8-17(21-18)23-12-6-4-5-7-13-23/h8,10,16H,4-7,9,11-15H2,1-3H3,(H,19,20,21). The molecule has 1 aromatic heterocycles. The molecule has 0 radical (unpaired) electrons. The van der Waals surface area contributed by atoms with E-state index >= 15 is 0 Å². The summed E-state index contributed by atoms with van der Waals surface area (Å²) in [5.41, 5.74) is 0. The van der Waals surface area contributed by atoms with E-state index in [1.807, 2.05) is 12.3 Å². The molecule has 0 amide bonds. The van der Waals surface area contributed by atoms with E-state index in [0.717, 1.165) is 50.4 Å². The molecule has 0 unspecified atom stereocenters. The van der Waals surface area contributed by atoms with Crippen molar-refractivity contribution in [3.8, 4) is 0 Å². The summed E-state index contributed by atoms with van der Waals surface area (Å²) in [6, 6.07) is 2.03. The van der Waals surface area contributed by atoms with Crippen molar-refractivity contribution in [1.29, 1.82) is 0 Å².